The first-order valence-corrected chi connectivity index (χ1v) is 17.7. The van der Waals surface area contributed by atoms with Crippen LogP contribution in [-0.2, 0) is 13.1 Å². The van der Waals surface area contributed by atoms with Crippen molar-refractivity contribution in [3.05, 3.63) is 151 Å². The van der Waals surface area contributed by atoms with Crippen LogP contribution in [-0.4, -0.2) is 59.8 Å². The first kappa shape index (κ1) is 36.5. The number of aromatic nitrogens is 12. The highest BCUT2D eigenvalue weighted by Crippen LogP contribution is 2.28. The fourth-order valence-electron chi connectivity index (χ4n) is 6.00. The largest absolute Gasteiger partial charge is 0.364 e. The second kappa shape index (κ2) is 16.5. The van der Waals surface area contributed by atoms with Crippen molar-refractivity contribution in [3.63, 3.8) is 0 Å². The molecule has 17 heteroatoms. The van der Waals surface area contributed by atoms with Crippen LogP contribution in [0.15, 0.2) is 123 Å². The maximum atomic E-state index is 13.8. The predicted octanol–water partition coefficient (Wildman–Crippen LogP) is 7.62. The summed E-state index contributed by atoms with van der Waals surface area (Å²) in [6.07, 6.45) is 12.8. The molecule has 0 fully saturated rings. The van der Waals surface area contributed by atoms with E-state index in [9.17, 15) is 8.78 Å². The molecule has 0 unspecified atom stereocenters. The van der Waals surface area contributed by atoms with Gasteiger partial charge in [-0.15, -0.1) is 0 Å². The first-order valence-electron chi connectivity index (χ1n) is 17.3. The zero-order chi connectivity index (χ0) is 39.1. The predicted molar refractivity (Wildman–Crippen MR) is 213 cm³/mol. The molecule has 0 bridgehead atoms. The number of nitrogens with two attached hydrogens (primary N) is 1. The minimum Gasteiger partial charge on any atom is -0.364 e. The van der Waals surface area contributed by atoms with Crippen molar-refractivity contribution in [2.45, 2.75) is 13.1 Å². The number of imidazole rings is 2. The molecule has 0 aliphatic carbocycles. The summed E-state index contributed by atoms with van der Waals surface area (Å²) in [7, 11) is 0. The average molecular weight is 779 g/mol. The summed E-state index contributed by atoms with van der Waals surface area (Å²) in [6, 6.07) is 20.4. The molecule has 5 N–H and O–H groups in total. The van der Waals surface area contributed by atoms with Crippen LogP contribution in [0.4, 0.5) is 14.6 Å². The standard InChI is InChI=1S/C20H14FN7.C15H12FN3.C5H3ClN4/c21-15-3-1-2-12(7-15)17-14(6-13-8-22-5-4-16(13)28-17)9-23-19-18-20(25-10-24-18)27-11-26-19;16-13-3-1-2-10(7-13)15-11(8-17)6-12-9-18-5-4-14(12)19-15;6-4-3-5(9-1-7-3)10-2-8-4/h1-8,10-11H,9H2,(H2,23,24,25,26,27);1-7,9H,8,17H2;1-2H,(H,7,8,9,10). The lowest BCUT2D eigenvalue weighted by Crippen LogP contribution is -2.05. The molecule has 8 aromatic heterocycles. The van der Waals surface area contributed by atoms with Crippen molar-refractivity contribution in [2.24, 2.45) is 5.73 Å². The summed E-state index contributed by atoms with van der Waals surface area (Å²) in [5, 5.41) is 5.55. The van der Waals surface area contributed by atoms with Crippen LogP contribution in [0, 0.1) is 11.6 Å². The van der Waals surface area contributed by atoms with Gasteiger partial charge in [0, 0.05) is 59.8 Å². The first-order chi connectivity index (χ1) is 27.9. The van der Waals surface area contributed by atoms with E-state index in [2.05, 4.69) is 60.1 Å². The molecule has 8 heterocycles. The third kappa shape index (κ3) is 8.17. The second-order valence-electron chi connectivity index (χ2n) is 12.3. The third-order valence-electron chi connectivity index (χ3n) is 8.65. The van der Waals surface area contributed by atoms with Crippen LogP contribution in [0.2, 0.25) is 5.15 Å². The Morgan fingerprint density at radius 3 is 1.79 bits per heavy atom. The van der Waals surface area contributed by atoms with E-state index < -0.39 is 0 Å². The summed E-state index contributed by atoms with van der Waals surface area (Å²) in [4.78, 5) is 47.5. The Morgan fingerprint density at radius 2 is 1.19 bits per heavy atom. The van der Waals surface area contributed by atoms with Crippen molar-refractivity contribution in [3.8, 4) is 22.5 Å². The van der Waals surface area contributed by atoms with E-state index in [-0.39, 0.29) is 11.6 Å². The average Bonchev–Trinajstić information content (AvgIpc) is 3.94. The van der Waals surface area contributed by atoms with Crippen molar-refractivity contribution in [2.75, 3.05) is 5.32 Å². The highest BCUT2D eigenvalue weighted by molar-refractivity contribution is 6.33. The van der Waals surface area contributed by atoms with Gasteiger partial charge in [0.15, 0.2) is 22.3 Å². The number of H-pyrrole nitrogens is 2. The molecule has 0 amide bonds. The molecule has 14 nitrogen and oxygen atoms in total. The Labute approximate surface area is 326 Å². The number of rotatable bonds is 6. The van der Waals surface area contributed by atoms with E-state index in [0.717, 1.165) is 49.7 Å². The summed E-state index contributed by atoms with van der Waals surface area (Å²) in [5.74, 6) is 0.0547. The lowest BCUT2D eigenvalue weighted by Gasteiger charge is -2.12. The zero-order valence-corrected chi connectivity index (χ0v) is 30.4. The van der Waals surface area contributed by atoms with Crippen LogP contribution < -0.4 is 11.1 Å². The molecule has 0 spiro atoms. The monoisotopic (exact) mass is 778 g/mol. The molecule has 280 valence electrons. The Balaban J connectivity index is 0.000000134. The van der Waals surface area contributed by atoms with Crippen LogP contribution in [0.25, 0.3) is 66.6 Å². The Kier molecular flexibility index (Phi) is 10.6. The molecule has 10 rings (SSSR count). The normalized spacial score (nSPS) is 10.9. The molecule has 0 saturated heterocycles. The smallest absolute Gasteiger partial charge is 0.182 e. The van der Waals surface area contributed by atoms with Gasteiger partial charge in [-0.3, -0.25) is 9.97 Å². The fraction of sp³-hybridized carbons (Fsp3) is 0.0500. The highest BCUT2D eigenvalue weighted by Gasteiger charge is 2.13. The molecular weight excluding hydrogens is 750 g/mol. The molecule has 0 aliphatic heterocycles. The number of hydrogen-bond acceptors (Lipinski definition) is 12. The van der Waals surface area contributed by atoms with Crippen LogP contribution in [0.5, 0.6) is 0 Å². The number of benzene rings is 2. The number of anilines is 1. The van der Waals surface area contributed by atoms with E-state index in [1.807, 2.05) is 36.4 Å². The quantitative estimate of drug-likeness (QED) is 0.121. The van der Waals surface area contributed by atoms with Gasteiger partial charge in [-0.1, -0.05) is 35.9 Å². The number of hydrogen-bond donors (Lipinski definition) is 4. The molecule has 10 aromatic rings. The number of nitrogens with zero attached hydrogens (tertiary/aromatic N) is 10. The van der Waals surface area contributed by atoms with Crippen LogP contribution in [0.1, 0.15) is 11.1 Å². The summed E-state index contributed by atoms with van der Waals surface area (Å²) in [6.45, 7) is 0.790. The minimum atomic E-state index is -0.303. The van der Waals surface area contributed by atoms with E-state index in [1.54, 1.807) is 43.2 Å². The number of fused-ring (bicyclic) bond motifs is 4. The van der Waals surface area contributed by atoms with Gasteiger partial charge in [0.1, 0.15) is 35.3 Å². The lowest BCUT2D eigenvalue weighted by atomic mass is 10.0. The molecule has 0 radical (unpaired) electrons. The third-order valence-corrected chi connectivity index (χ3v) is 8.94. The van der Waals surface area contributed by atoms with E-state index >= 15 is 0 Å². The van der Waals surface area contributed by atoms with Gasteiger partial charge in [0.25, 0.3) is 0 Å². The van der Waals surface area contributed by atoms with Gasteiger partial charge in [0.2, 0.25) is 0 Å². The number of halogens is 3. The zero-order valence-electron chi connectivity index (χ0n) is 29.6. The Hall–Kier alpha value is -7.43. The molecule has 57 heavy (non-hydrogen) atoms. The van der Waals surface area contributed by atoms with Gasteiger partial charge in [-0.05, 0) is 59.7 Å². The number of pyridine rings is 4. The number of nitrogens with one attached hydrogen (secondary N) is 3. The van der Waals surface area contributed by atoms with Crippen molar-refractivity contribution >= 4 is 61.6 Å². The molecule has 0 aliphatic rings. The Morgan fingerprint density at radius 1 is 0.632 bits per heavy atom. The molecule has 0 atom stereocenters. The Bertz CT molecular complexity index is 2990. The summed E-state index contributed by atoms with van der Waals surface area (Å²) in [5.41, 5.74) is 14.6. The van der Waals surface area contributed by atoms with Gasteiger partial charge in [-0.2, -0.15) is 0 Å². The van der Waals surface area contributed by atoms with Gasteiger partial charge < -0.3 is 21.0 Å². The van der Waals surface area contributed by atoms with Gasteiger partial charge in [-0.25, -0.2) is 48.7 Å². The van der Waals surface area contributed by atoms with E-state index in [4.69, 9.17) is 22.3 Å². The van der Waals surface area contributed by atoms with Gasteiger partial charge >= 0.3 is 0 Å². The maximum absolute atomic E-state index is 13.8. The SMILES string of the molecule is Clc1ncnc2nc[nH]c12.Fc1cccc(-c2nc3ccncc3cc2CNc2ncnc3nc[nH]c23)c1.NCc1cc2cnccc2nc1-c1cccc(F)c1. The summed E-state index contributed by atoms with van der Waals surface area (Å²) >= 11 is 5.68. The molecule has 2 aromatic carbocycles. The fourth-order valence-corrected chi connectivity index (χ4v) is 6.18. The van der Waals surface area contributed by atoms with Crippen molar-refractivity contribution in [1.29, 1.82) is 0 Å². The van der Waals surface area contributed by atoms with Gasteiger partial charge in [0.05, 0.1) is 35.1 Å². The minimum absolute atomic E-state index is 0.280. The topological polar surface area (TPSA) is 199 Å². The second-order valence-corrected chi connectivity index (χ2v) is 12.7. The highest BCUT2D eigenvalue weighted by atomic mass is 35.5. The van der Waals surface area contributed by atoms with Crippen LogP contribution >= 0.6 is 11.6 Å². The van der Waals surface area contributed by atoms with Crippen molar-refractivity contribution < 1.29 is 8.78 Å². The lowest BCUT2D eigenvalue weighted by molar-refractivity contribution is 0.628. The summed E-state index contributed by atoms with van der Waals surface area (Å²) < 4.78 is 27.1. The van der Waals surface area contributed by atoms with Crippen molar-refractivity contribution in [1.82, 2.24) is 59.8 Å². The molecule has 0 saturated carbocycles. The molecular formula is C40H29ClF2N14. The van der Waals surface area contributed by atoms with E-state index in [1.165, 1.54) is 43.2 Å². The number of aromatic amines is 2. The van der Waals surface area contributed by atoms with Crippen LogP contribution in [0.3, 0.4) is 0 Å². The maximum Gasteiger partial charge on any atom is 0.182 e. The van der Waals surface area contributed by atoms with E-state index in [0.29, 0.717) is 52.1 Å².